The third-order valence-electron chi connectivity index (χ3n) is 3.89. The summed E-state index contributed by atoms with van der Waals surface area (Å²) in [7, 11) is 0. The highest BCUT2D eigenvalue weighted by Gasteiger charge is 2.28. The second-order valence-corrected chi connectivity index (χ2v) is 8.89. The second kappa shape index (κ2) is 7.98. The Kier molecular flexibility index (Phi) is 6.12. The fourth-order valence-corrected chi connectivity index (χ4v) is 3.43. The van der Waals surface area contributed by atoms with Crippen LogP contribution in [0.2, 0.25) is 5.02 Å². The molecule has 0 saturated carbocycles. The molecule has 1 aromatic carbocycles. The molecule has 142 valence electrons. The Morgan fingerprint density at radius 1 is 1.26 bits per heavy atom. The molecule has 0 aliphatic rings. The van der Waals surface area contributed by atoms with Crippen LogP contribution in [0.15, 0.2) is 36.0 Å². The number of carbonyl (C=O) groups is 1. The minimum atomic E-state index is -0.430. The molecule has 5 nitrogen and oxygen atoms in total. The number of hydrogen-bond acceptors (Lipinski definition) is 3. The van der Waals surface area contributed by atoms with Crippen molar-refractivity contribution in [3.63, 3.8) is 0 Å². The van der Waals surface area contributed by atoms with Crippen LogP contribution >= 0.6 is 11.6 Å². The quantitative estimate of drug-likeness (QED) is 0.564. The molecule has 0 aliphatic heterocycles. The summed E-state index contributed by atoms with van der Waals surface area (Å²) in [6.07, 6.45) is 3.93. The van der Waals surface area contributed by atoms with Crippen molar-refractivity contribution in [2.24, 2.45) is 5.41 Å². The third kappa shape index (κ3) is 5.97. The van der Waals surface area contributed by atoms with Crippen molar-refractivity contribution in [1.29, 1.82) is 5.26 Å². The molecule has 0 bridgehead atoms. The molecule has 1 heterocycles. The van der Waals surface area contributed by atoms with Crippen molar-refractivity contribution >= 4 is 23.6 Å². The fraction of sp³-hybridized carbons (Fsp3) is 0.381. The zero-order valence-electron chi connectivity index (χ0n) is 16.4. The summed E-state index contributed by atoms with van der Waals surface area (Å²) in [5, 5.41) is 20.1. The molecular formula is C21H25ClN4O. The van der Waals surface area contributed by atoms with Crippen LogP contribution in [0.25, 0.3) is 17.3 Å². The number of nitrogens with zero attached hydrogens (tertiary/aromatic N) is 2. The molecule has 0 aliphatic carbocycles. The monoisotopic (exact) mass is 384 g/mol. The Balaban J connectivity index is 2.27. The van der Waals surface area contributed by atoms with Gasteiger partial charge in [0.2, 0.25) is 0 Å². The topological polar surface area (TPSA) is 81.6 Å². The van der Waals surface area contributed by atoms with Crippen molar-refractivity contribution in [2.75, 3.05) is 0 Å². The van der Waals surface area contributed by atoms with Gasteiger partial charge in [-0.15, -0.1) is 0 Å². The van der Waals surface area contributed by atoms with Gasteiger partial charge in [0.15, 0.2) is 0 Å². The first-order valence-electron chi connectivity index (χ1n) is 8.74. The Bertz CT molecular complexity index is 880. The van der Waals surface area contributed by atoms with Gasteiger partial charge in [-0.2, -0.15) is 10.4 Å². The van der Waals surface area contributed by atoms with E-state index in [1.807, 2.05) is 32.0 Å². The molecule has 0 unspecified atom stereocenters. The summed E-state index contributed by atoms with van der Waals surface area (Å²) in [6.45, 7) is 10.3. The van der Waals surface area contributed by atoms with Crippen LogP contribution in [0.4, 0.5) is 0 Å². The summed E-state index contributed by atoms with van der Waals surface area (Å²) in [4.78, 5) is 12.6. The minimum absolute atomic E-state index is 0.0357. The molecule has 6 heteroatoms. The van der Waals surface area contributed by atoms with E-state index in [0.717, 1.165) is 17.7 Å². The number of aromatic amines is 1. The summed E-state index contributed by atoms with van der Waals surface area (Å²) < 4.78 is 0. The largest absolute Gasteiger partial charge is 0.347 e. The lowest BCUT2D eigenvalue weighted by Crippen LogP contribution is -2.46. The van der Waals surface area contributed by atoms with E-state index in [4.69, 9.17) is 11.6 Å². The van der Waals surface area contributed by atoms with E-state index in [-0.39, 0.29) is 11.0 Å². The maximum Gasteiger partial charge on any atom is 0.262 e. The summed E-state index contributed by atoms with van der Waals surface area (Å²) in [6, 6.07) is 9.26. The van der Waals surface area contributed by atoms with E-state index >= 15 is 0 Å². The van der Waals surface area contributed by atoms with Gasteiger partial charge in [-0.1, -0.05) is 44.5 Å². The molecule has 0 radical (unpaired) electrons. The lowest BCUT2D eigenvalue weighted by Gasteiger charge is -2.33. The van der Waals surface area contributed by atoms with Crippen LogP contribution in [0.3, 0.4) is 0 Å². The van der Waals surface area contributed by atoms with Gasteiger partial charge in [0.05, 0.1) is 11.9 Å². The van der Waals surface area contributed by atoms with Crippen LogP contribution in [0.1, 0.15) is 46.6 Å². The number of benzene rings is 1. The van der Waals surface area contributed by atoms with Gasteiger partial charge in [0, 0.05) is 21.7 Å². The highest BCUT2D eigenvalue weighted by molar-refractivity contribution is 6.30. The predicted octanol–water partition coefficient (Wildman–Crippen LogP) is 4.97. The van der Waals surface area contributed by atoms with Gasteiger partial charge in [-0.25, -0.2) is 0 Å². The van der Waals surface area contributed by atoms with Crippen LogP contribution in [-0.2, 0) is 4.79 Å². The minimum Gasteiger partial charge on any atom is -0.347 e. The number of carbonyl (C=O) groups excluding carboxylic acids is 1. The van der Waals surface area contributed by atoms with E-state index < -0.39 is 11.4 Å². The number of H-pyrrole nitrogens is 1. The molecular weight excluding hydrogens is 360 g/mol. The Morgan fingerprint density at radius 2 is 1.89 bits per heavy atom. The summed E-state index contributed by atoms with van der Waals surface area (Å²) >= 11 is 5.93. The maximum absolute atomic E-state index is 12.6. The fourth-order valence-electron chi connectivity index (χ4n) is 3.30. The van der Waals surface area contributed by atoms with Gasteiger partial charge < -0.3 is 5.32 Å². The number of nitrogens with one attached hydrogen (secondary N) is 2. The third-order valence-corrected chi connectivity index (χ3v) is 4.14. The molecule has 1 aromatic heterocycles. The molecule has 2 aromatic rings. The number of rotatable bonds is 5. The van der Waals surface area contributed by atoms with Gasteiger partial charge in [-0.3, -0.25) is 9.89 Å². The smallest absolute Gasteiger partial charge is 0.262 e. The van der Waals surface area contributed by atoms with Crippen LogP contribution < -0.4 is 5.32 Å². The van der Waals surface area contributed by atoms with Crippen molar-refractivity contribution in [2.45, 2.75) is 46.6 Å². The van der Waals surface area contributed by atoms with Gasteiger partial charge >= 0.3 is 0 Å². The maximum atomic E-state index is 12.6. The van der Waals surface area contributed by atoms with E-state index in [1.54, 1.807) is 24.4 Å². The van der Waals surface area contributed by atoms with E-state index in [0.29, 0.717) is 10.6 Å². The standard InChI is InChI=1S/C21H25ClN4O/c1-20(2,3)13-21(4,5)25-19(27)15(11-23)10-16-12-24-26-18(16)14-6-8-17(22)9-7-14/h6-10,12H,13H2,1-5H3,(H,24,26)(H,25,27)/b15-10+. The van der Waals surface area contributed by atoms with Crippen molar-refractivity contribution in [3.05, 3.63) is 46.6 Å². The molecule has 27 heavy (non-hydrogen) atoms. The zero-order valence-corrected chi connectivity index (χ0v) is 17.1. The molecule has 2 N–H and O–H groups in total. The average molecular weight is 385 g/mol. The zero-order chi connectivity index (χ0) is 20.2. The average Bonchev–Trinajstić information content (AvgIpc) is 2.98. The number of aromatic nitrogens is 2. The molecule has 0 fully saturated rings. The Hall–Kier alpha value is -2.58. The second-order valence-electron chi connectivity index (χ2n) is 8.45. The first kappa shape index (κ1) is 20.7. The predicted molar refractivity (Wildman–Crippen MR) is 109 cm³/mol. The first-order valence-corrected chi connectivity index (χ1v) is 9.12. The lowest BCUT2D eigenvalue weighted by atomic mass is 9.81. The molecule has 1 amide bonds. The van der Waals surface area contributed by atoms with Gasteiger partial charge in [-0.05, 0) is 43.9 Å². The van der Waals surface area contributed by atoms with E-state index in [1.165, 1.54) is 0 Å². The van der Waals surface area contributed by atoms with Crippen LogP contribution in [-0.4, -0.2) is 21.6 Å². The number of nitriles is 1. The number of hydrogen-bond donors (Lipinski definition) is 2. The molecule has 0 saturated heterocycles. The van der Waals surface area contributed by atoms with Crippen molar-refractivity contribution in [1.82, 2.24) is 15.5 Å². The van der Waals surface area contributed by atoms with Crippen molar-refractivity contribution in [3.8, 4) is 17.3 Å². The number of halogens is 1. The van der Waals surface area contributed by atoms with Crippen molar-refractivity contribution < 1.29 is 4.79 Å². The highest BCUT2D eigenvalue weighted by Crippen LogP contribution is 2.28. The summed E-state index contributed by atoms with van der Waals surface area (Å²) in [5.41, 5.74) is 1.92. The molecule has 0 atom stereocenters. The lowest BCUT2D eigenvalue weighted by molar-refractivity contribution is -0.118. The Labute approximate surface area is 165 Å². The molecule has 0 spiro atoms. The van der Waals surface area contributed by atoms with Gasteiger partial charge in [0.1, 0.15) is 11.6 Å². The van der Waals surface area contributed by atoms with Crippen LogP contribution in [0, 0.1) is 16.7 Å². The van der Waals surface area contributed by atoms with Gasteiger partial charge in [0.25, 0.3) is 5.91 Å². The van der Waals surface area contributed by atoms with E-state index in [2.05, 4.69) is 36.3 Å². The normalized spacial score (nSPS) is 12.6. The highest BCUT2D eigenvalue weighted by atomic mass is 35.5. The Morgan fingerprint density at radius 3 is 2.44 bits per heavy atom. The van der Waals surface area contributed by atoms with Crippen LogP contribution in [0.5, 0.6) is 0 Å². The first-order chi connectivity index (χ1) is 12.5. The summed E-state index contributed by atoms with van der Waals surface area (Å²) in [5.74, 6) is -0.394. The molecule has 2 rings (SSSR count). The SMILES string of the molecule is CC(C)(C)CC(C)(C)NC(=O)/C(C#N)=C/c1cn[nH]c1-c1ccc(Cl)cc1. The van der Waals surface area contributed by atoms with E-state index in [9.17, 15) is 10.1 Å². The number of amides is 1.